The second kappa shape index (κ2) is 4.40. The largest absolute Gasteiger partial charge is 0.330 e. The third-order valence-corrected chi connectivity index (χ3v) is 2.26. The molecule has 1 heterocycles. The highest BCUT2D eigenvalue weighted by atomic mass is 35.5. The Morgan fingerprint density at radius 1 is 1.69 bits per heavy atom. The molecule has 3 heteroatoms. The van der Waals surface area contributed by atoms with Gasteiger partial charge in [-0.15, -0.1) is 0 Å². The minimum absolute atomic E-state index is 0.546. The average molecular weight is 197 g/mol. The van der Waals surface area contributed by atoms with E-state index in [4.69, 9.17) is 17.3 Å². The van der Waals surface area contributed by atoms with Gasteiger partial charge in [-0.1, -0.05) is 18.2 Å². The van der Waals surface area contributed by atoms with E-state index in [-0.39, 0.29) is 0 Å². The maximum atomic E-state index is 5.80. The molecule has 0 spiro atoms. The fraction of sp³-hybridized carbons (Fsp3) is 0.300. The smallest absolute Gasteiger partial charge is 0.131 e. The first-order valence-electron chi connectivity index (χ1n) is 4.15. The van der Waals surface area contributed by atoms with Gasteiger partial charge in [-0.3, -0.25) is 0 Å². The molecule has 13 heavy (non-hydrogen) atoms. The summed E-state index contributed by atoms with van der Waals surface area (Å²) < 4.78 is 0. The predicted molar refractivity (Wildman–Crippen MR) is 56.7 cm³/mol. The van der Waals surface area contributed by atoms with Crippen molar-refractivity contribution in [3.8, 4) is 0 Å². The molecule has 0 amide bonds. The predicted octanol–water partition coefficient (Wildman–Crippen LogP) is 2.41. The molecule has 1 rings (SSSR count). The summed E-state index contributed by atoms with van der Waals surface area (Å²) in [6, 6.07) is 1.98. The first kappa shape index (κ1) is 10.2. The molecule has 1 aromatic rings. The van der Waals surface area contributed by atoms with Crippen LogP contribution in [0.1, 0.15) is 17.5 Å². The van der Waals surface area contributed by atoms with Crippen molar-refractivity contribution in [2.75, 3.05) is 6.54 Å². The van der Waals surface area contributed by atoms with Gasteiger partial charge in [0, 0.05) is 6.20 Å². The summed E-state index contributed by atoms with van der Waals surface area (Å²) in [6.07, 6.45) is 2.52. The molecule has 0 unspecified atom stereocenters. The molecule has 2 N–H and O–H groups in total. The molecule has 0 radical (unpaired) electrons. The Balaban J connectivity index is 2.90. The van der Waals surface area contributed by atoms with Gasteiger partial charge in [0.25, 0.3) is 0 Å². The summed E-state index contributed by atoms with van der Waals surface area (Å²) in [7, 11) is 0. The van der Waals surface area contributed by atoms with E-state index in [2.05, 4.69) is 11.6 Å². The van der Waals surface area contributed by atoms with E-state index >= 15 is 0 Å². The first-order chi connectivity index (χ1) is 6.15. The van der Waals surface area contributed by atoms with Gasteiger partial charge in [-0.25, -0.2) is 4.98 Å². The second-order valence-electron chi connectivity index (χ2n) is 2.97. The van der Waals surface area contributed by atoms with Crippen molar-refractivity contribution >= 4 is 17.2 Å². The first-order valence-corrected chi connectivity index (χ1v) is 4.53. The Bertz CT molecular complexity index is 321. The van der Waals surface area contributed by atoms with E-state index in [0.29, 0.717) is 11.7 Å². The van der Waals surface area contributed by atoms with Crippen LogP contribution in [0.3, 0.4) is 0 Å². The summed E-state index contributed by atoms with van der Waals surface area (Å²) >= 11 is 5.80. The van der Waals surface area contributed by atoms with Gasteiger partial charge in [0.1, 0.15) is 5.15 Å². The Hall–Kier alpha value is -0.860. The van der Waals surface area contributed by atoms with Crippen molar-refractivity contribution < 1.29 is 0 Å². The molecule has 0 aliphatic rings. The van der Waals surface area contributed by atoms with Crippen molar-refractivity contribution in [1.29, 1.82) is 0 Å². The standard InChI is InChI=1S/C10H13ClN2/c1-7(3-4-12)9-5-8(2)10(11)13-6-9/h5-6H,1,3-4,12H2,2H3. The SMILES string of the molecule is C=C(CCN)c1cnc(Cl)c(C)c1. The molecule has 0 fully saturated rings. The fourth-order valence-electron chi connectivity index (χ4n) is 1.07. The lowest BCUT2D eigenvalue weighted by molar-refractivity contribution is 1.02. The zero-order chi connectivity index (χ0) is 9.84. The summed E-state index contributed by atoms with van der Waals surface area (Å²) in [4.78, 5) is 4.05. The molecule has 0 atom stereocenters. The highest BCUT2D eigenvalue weighted by molar-refractivity contribution is 6.30. The lowest BCUT2D eigenvalue weighted by Gasteiger charge is -2.05. The minimum atomic E-state index is 0.546. The fourth-order valence-corrected chi connectivity index (χ4v) is 1.17. The van der Waals surface area contributed by atoms with Crippen molar-refractivity contribution in [2.24, 2.45) is 5.73 Å². The number of rotatable bonds is 3. The topological polar surface area (TPSA) is 38.9 Å². The molecule has 2 nitrogen and oxygen atoms in total. The number of halogens is 1. The van der Waals surface area contributed by atoms with Crippen LogP contribution >= 0.6 is 11.6 Å². The quantitative estimate of drug-likeness (QED) is 0.755. The third kappa shape index (κ3) is 2.54. The average Bonchev–Trinajstić information content (AvgIpc) is 2.10. The van der Waals surface area contributed by atoms with Gasteiger partial charge in [-0.2, -0.15) is 0 Å². The zero-order valence-corrected chi connectivity index (χ0v) is 8.43. The highest BCUT2D eigenvalue weighted by Crippen LogP contribution is 2.19. The van der Waals surface area contributed by atoms with Crippen molar-refractivity contribution in [1.82, 2.24) is 4.98 Å². The number of hydrogen-bond donors (Lipinski definition) is 1. The van der Waals surface area contributed by atoms with Crippen molar-refractivity contribution in [3.05, 3.63) is 35.1 Å². The summed E-state index contributed by atoms with van der Waals surface area (Å²) in [5.41, 5.74) is 8.43. The molecule has 0 saturated heterocycles. The van der Waals surface area contributed by atoms with Crippen LogP contribution in [0.15, 0.2) is 18.8 Å². The van der Waals surface area contributed by atoms with E-state index in [1.807, 2.05) is 13.0 Å². The van der Waals surface area contributed by atoms with E-state index in [1.165, 1.54) is 0 Å². The van der Waals surface area contributed by atoms with Crippen LogP contribution in [0.5, 0.6) is 0 Å². The van der Waals surface area contributed by atoms with E-state index < -0.39 is 0 Å². The van der Waals surface area contributed by atoms with Gasteiger partial charge < -0.3 is 5.73 Å². The molecule has 1 aromatic heterocycles. The Kier molecular flexibility index (Phi) is 3.46. The minimum Gasteiger partial charge on any atom is -0.330 e. The normalized spacial score (nSPS) is 10.1. The van der Waals surface area contributed by atoms with Crippen LogP contribution in [-0.4, -0.2) is 11.5 Å². The Morgan fingerprint density at radius 2 is 2.38 bits per heavy atom. The molecule has 0 aliphatic carbocycles. The number of pyridine rings is 1. The van der Waals surface area contributed by atoms with Crippen molar-refractivity contribution in [3.63, 3.8) is 0 Å². The summed E-state index contributed by atoms with van der Waals surface area (Å²) in [5.74, 6) is 0. The Morgan fingerprint density at radius 3 is 2.92 bits per heavy atom. The molecule has 0 bridgehead atoms. The number of nitrogens with two attached hydrogens (primary N) is 1. The number of aromatic nitrogens is 1. The lowest BCUT2D eigenvalue weighted by Crippen LogP contribution is -1.99. The third-order valence-electron chi connectivity index (χ3n) is 1.87. The van der Waals surface area contributed by atoms with E-state index in [0.717, 1.165) is 23.1 Å². The van der Waals surface area contributed by atoms with Crippen LogP contribution in [0.25, 0.3) is 5.57 Å². The summed E-state index contributed by atoms with van der Waals surface area (Å²) in [5, 5.41) is 0.546. The molecular formula is C10H13ClN2. The summed E-state index contributed by atoms with van der Waals surface area (Å²) in [6.45, 7) is 6.46. The van der Waals surface area contributed by atoms with Crippen LogP contribution < -0.4 is 5.73 Å². The van der Waals surface area contributed by atoms with Gasteiger partial charge in [0.05, 0.1) is 0 Å². The van der Waals surface area contributed by atoms with E-state index in [9.17, 15) is 0 Å². The van der Waals surface area contributed by atoms with Crippen LogP contribution in [-0.2, 0) is 0 Å². The molecular weight excluding hydrogens is 184 g/mol. The molecule has 0 aromatic carbocycles. The Labute approximate surface area is 83.4 Å². The zero-order valence-electron chi connectivity index (χ0n) is 7.68. The maximum Gasteiger partial charge on any atom is 0.131 e. The lowest BCUT2D eigenvalue weighted by atomic mass is 10.1. The molecule has 0 aliphatic heterocycles. The molecule has 0 saturated carbocycles. The van der Waals surface area contributed by atoms with Gasteiger partial charge in [-0.05, 0) is 42.7 Å². The van der Waals surface area contributed by atoms with Crippen LogP contribution in [0.2, 0.25) is 5.15 Å². The van der Waals surface area contributed by atoms with Crippen molar-refractivity contribution in [2.45, 2.75) is 13.3 Å². The maximum absolute atomic E-state index is 5.80. The highest BCUT2D eigenvalue weighted by Gasteiger charge is 2.01. The monoisotopic (exact) mass is 196 g/mol. The molecule has 70 valence electrons. The van der Waals surface area contributed by atoms with E-state index in [1.54, 1.807) is 6.20 Å². The number of aryl methyl sites for hydroxylation is 1. The second-order valence-corrected chi connectivity index (χ2v) is 3.33. The van der Waals surface area contributed by atoms with Crippen LogP contribution in [0.4, 0.5) is 0 Å². The number of hydrogen-bond acceptors (Lipinski definition) is 2. The van der Waals surface area contributed by atoms with Gasteiger partial charge in [0.2, 0.25) is 0 Å². The van der Waals surface area contributed by atoms with Gasteiger partial charge >= 0.3 is 0 Å². The number of nitrogens with zero attached hydrogens (tertiary/aromatic N) is 1. The van der Waals surface area contributed by atoms with Crippen LogP contribution in [0, 0.1) is 6.92 Å². The van der Waals surface area contributed by atoms with Gasteiger partial charge in [0.15, 0.2) is 0 Å².